The monoisotopic (exact) mass is 212 g/mol. The van der Waals surface area contributed by atoms with Gasteiger partial charge < -0.3 is 9.84 Å². The molecule has 84 valence electrons. The van der Waals surface area contributed by atoms with Gasteiger partial charge in [-0.3, -0.25) is 0 Å². The largest absolute Gasteiger partial charge is 0.488 e. The Morgan fingerprint density at radius 2 is 2.07 bits per heavy atom. The van der Waals surface area contributed by atoms with E-state index in [-0.39, 0.29) is 18.3 Å². The molecule has 0 amide bonds. The lowest BCUT2D eigenvalue weighted by atomic mass is 10.0. The van der Waals surface area contributed by atoms with Crippen LogP contribution >= 0.6 is 0 Å². The highest BCUT2D eigenvalue weighted by atomic mass is 19.1. The number of benzene rings is 1. The van der Waals surface area contributed by atoms with Crippen molar-refractivity contribution in [3.8, 4) is 5.75 Å². The highest BCUT2D eigenvalue weighted by Gasteiger charge is 2.13. The molecule has 1 aromatic rings. The van der Waals surface area contributed by atoms with Crippen molar-refractivity contribution in [2.24, 2.45) is 5.92 Å². The molecule has 0 aliphatic carbocycles. The Kier molecular flexibility index (Phi) is 4.56. The Morgan fingerprint density at radius 3 is 2.67 bits per heavy atom. The standard InChI is InChI=1S/C12H17FO2/c1-3-9(2)11(14)8-15-12-7-5-4-6-10(12)13/h4-7,9,11,14H,3,8H2,1-2H3. The first-order valence-electron chi connectivity index (χ1n) is 5.20. The van der Waals surface area contributed by atoms with Crippen molar-refractivity contribution < 1.29 is 14.2 Å². The van der Waals surface area contributed by atoms with Gasteiger partial charge in [-0.15, -0.1) is 0 Å². The van der Waals surface area contributed by atoms with Gasteiger partial charge in [-0.1, -0.05) is 32.4 Å². The number of aliphatic hydroxyl groups excluding tert-OH is 1. The van der Waals surface area contributed by atoms with E-state index >= 15 is 0 Å². The van der Waals surface area contributed by atoms with Crippen LogP contribution in [0.15, 0.2) is 24.3 Å². The van der Waals surface area contributed by atoms with Crippen molar-refractivity contribution in [3.63, 3.8) is 0 Å². The van der Waals surface area contributed by atoms with Crippen molar-refractivity contribution >= 4 is 0 Å². The first-order chi connectivity index (χ1) is 7.15. The fourth-order valence-electron chi connectivity index (χ4n) is 1.17. The number of rotatable bonds is 5. The van der Waals surface area contributed by atoms with Crippen molar-refractivity contribution in [3.05, 3.63) is 30.1 Å². The SMILES string of the molecule is CCC(C)C(O)COc1ccccc1F. The van der Waals surface area contributed by atoms with Crippen LogP contribution in [0.1, 0.15) is 20.3 Å². The normalized spacial score (nSPS) is 14.7. The van der Waals surface area contributed by atoms with Gasteiger partial charge in [0.15, 0.2) is 11.6 Å². The number of hydrogen-bond donors (Lipinski definition) is 1. The van der Waals surface area contributed by atoms with E-state index in [2.05, 4.69) is 0 Å². The van der Waals surface area contributed by atoms with Crippen LogP contribution in [0.3, 0.4) is 0 Å². The summed E-state index contributed by atoms with van der Waals surface area (Å²) in [5.74, 6) is -0.0366. The van der Waals surface area contributed by atoms with Crippen molar-refractivity contribution in [2.75, 3.05) is 6.61 Å². The molecule has 0 aliphatic rings. The van der Waals surface area contributed by atoms with Crippen LogP contribution in [0, 0.1) is 11.7 Å². The molecule has 0 fully saturated rings. The topological polar surface area (TPSA) is 29.5 Å². The molecule has 0 saturated heterocycles. The van der Waals surface area contributed by atoms with E-state index in [1.165, 1.54) is 6.07 Å². The van der Waals surface area contributed by atoms with Crippen LogP contribution in [0.2, 0.25) is 0 Å². The molecular formula is C12H17FO2. The quantitative estimate of drug-likeness (QED) is 0.813. The number of ether oxygens (including phenoxy) is 1. The van der Waals surface area contributed by atoms with Crippen LogP contribution in [-0.2, 0) is 0 Å². The maximum atomic E-state index is 13.1. The number of para-hydroxylation sites is 1. The molecule has 1 aromatic carbocycles. The molecule has 15 heavy (non-hydrogen) atoms. The van der Waals surface area contributed by atoms with Crippen LogP contribution in [-0.4, -0.2) is 17.8 Å². The first kappa shape index (κ1) is 12.0. The van der Waals surface area contributed by atoms with Gasteiger partial charge in [-0.2, -0.15) is 0 Å². The van der Waals surface area contributed by atoms with E-state index in [0.717, 1.165) is 6.42 Å². The molecule has 0 aromatic heterocycles. The third kappa shape index (κ3) is 3.51. The van der Waals surface area contributed by atoms with E-state index < -0.39 is 11.9 Å². The van der Waals surface area contributed by atoms with E-state index in [1.54, 1.807) is 18.2 Å². The Morgan fingerprint density at radius 1 is 1.40 bits per heavy atom. The van der Waals surface area contributed by atoms with Gasteiger partial charge in [0.05, 0.1) is 6.10 Å². The number of halogens is 1. The Hall–Kier alpha value is -1.09. The Bertz CT molecular complexity index is 301. The summed E-state index contributed by atoms with van der Waals surface area (Å²) in [6.07, 6.45) is 0.330. The second-order valence-electron chi connectivity index (χ2n) is 3.69. The van der Waals surface area contributed by atoms with Crippen molar-refractivity contribution in [2.45, 2.75) is 26.4 Å². The number of hydrogen-bond acceptors (Lipinski definition) is 2. The zero-order valence-electron chi connectivity index (χ0n) is 9.11. The molecule has 0 spiro atoms. The van der Waals surface area contributed by atoms with Gasteiger partial charge in [0.2, 0.25) is 0 Å². The molecule has 1 N–H and O–H groups in total. The van der Waals surface area contributed by atoms with E-state index in [9.17, 15) is 9.50 Å². The summed E-state index contributed by atoms with van der Waals surface area (Å²) in [6, 6.07) is 6.20. The van der Waals surface area contributed by atoms with Crippen molar-refractivity contribution in [1.29, 1.82) is 0 Å². The Labute approximate surface area is 89.7 Å². The van der Waals surface area contributed by atoms with Gasteiger partial charge in [-0.25, -0.2) is 4.39 Å². The van der Waals surface area contributed by atoms with E-state index in [4.69, 9.17) is 4.74 Å². The lowest BCUT2D eigenvalue weighted by Crippen LogP contribution is -2.25. The maximum absolute atomic E-state index is 13.1. The van der Waals surface area contributed by atoms with Gasteiger partial charge >= 0.3 is 0 Å². The molecule has 0 saturated carbocycles. The first-order valence-corrected chi connectivity index (χ1v) is 5.20. The van der Waals surface area contributed by atoms with Crippen LogP contribution in [0.25, 0.3) is 0 Å². The Balaban J connectivity index is 2.47. The number of aliphatic hydroxyl groups is 1. The summed E-state index contributed by atoms with van der Waals surface area (Å²) in [4.78, 5) is 0. The zero-order chi connectivity index (χ0) is 11.3. The lowest BCUT2D eigenvalue weighted by molar-refractivity contribution is 0.0606. The molecule has 2 nitrogen and oxygen atoms in total. The summed E-state index contributed by atoms with van der Waals surface area (Å²) in [6.45, 7) is 4.07. The summed E-state index contributed by atoms with van der Waals surface area (Å²) < 4.78 is 18.3. The third-order valence-corrected chi connectivity index (χ3v) is 2.55. The van der Waals surface area contributed by atoms with Gasteiger partial charge in [0.1, 0.15) is 6.61 Å². The highest BCUT2D eigenvalue weighted by Crippen LogP contribution is 2.16. The fraction of sp³-hybridized carbons (Fsp3) is 0.500. The van der Waals surface area contributed by atoms with Gasteiger partial charge in [0, 0.05) is 0 Å². The molecule has 0 aliphatic heterocycles. The maximum Gasteiger partial charge on any atom is 0.165 e. The molecule has 0 heterocycles. The molecule has 0 bridgehead atoms. The second-order valence-corrected chi connectivity index (χ2v) is 3.69. The minimum atomic E-state index is -0.547. The second kappa shape index (κ2) is 5.71. The minimum absolute atomic E-state index is 0.135. The fourth-order valence-corrected chi connectivity index (χ4v) is 1.17. The molecule has 3 heteroatoms. The van der Waals surface area contributed by atoms with E-state index in [1.807, 2.05) is 13.8 Å². The molecular weight excluding hydrogens is 195 g/mol. The lowest BCUT2D eigenvalue weighted by Gasteiger charge is -2.17. The average molecular weight is 212 g/mol. The summed E-state index contributed by atoms with van der Waals surface area (Å²) in [5, 5.41) is 9.62. The predicted octanol–water partition coefficient (Wildman–Crippen LogP) is 2.61. The van der Waals surface area contributed by atoms with Crippen molar-refractivity contribution in [1.82, 2.24) is 0 Å². The average Bonchev–Trinajstić information content (AvgIpc) is 2.26. The zero-order valence-corrected chi connectivity index (χ0v) is 9.11. The predicted molar refractivity (Wildman–Crippen MR) is 57.4 cm³/mol. The van der Waals surface area contributed by atoms with Gasteiger partial charge in [-0.05, 0) is 18.1 Å². The summed E-state index contributed by atoms with van der Waals surface area (Å²) in [7, 11) is 0. The highest BCUT2D eigenvalue weighted by molar-refractivity contribution is 5.23. The molecule has 2 atom stereocenters. The molecule has 2 unspecified atom stereocenters. The third-order valence-electron chi connectivity index (χ3n) is 2.55. The van der Waals surface area contributed by atoms with Crippen LogP contribution in [0.4, 0.5) is 4.39 Å². The molecule has 1 rings (SSSR count). The summed E-state index contributed by atoms with van der Waals surface area (Å²) in [5.41, 5.74) is 0. The summed E-state index contributed by atoms with van der Waals surface area (Å²) >= 11 is 0. The molecule has 0 radical (unpaired) electrons. The minimum Gasteiger partial charge on any atom is -0.488 e. The van der Waals surface area contributed by atoms with Gasteiger partial charge in [0.25, 0.3) is 0 Å². The van der Waals surface area contributed by atoms with E-state index in [0.29, 0.717) is 0 Å². The smallest absolute Gasteiger partial charge is 0.165 e. The van der Waals surface area contributed by atoms with Crippen LogP contribution < -0.4 is 4.74 Å². The van der Waals surface area contributed by atoms with Crippen LogP contribution in [0.5, 0.6) is 5.75 Å².